The van der Waals surface area contributed by atoms with Crippen molar-refractivity contribution < 1.29 is 9.53 Å². The summed E-state index contributed by atoms with van der Waals surface area (Å²) in [5.41, 5.74) is 4.70. The lowest BCUT2D eigenvalue weighted by Gasteiger charge is -2.18. The van der Waals surface area contributed by atoms with E-state index in [2.05, 4.69) is 16.8 Å². The second-order valence-corrected chi connectivity index (χ2v) is 7.43. The summed E-state index contributed by atoms with van der Waals surface area (Å²) in [6, 6.07) is 11.9. The van der Waals surface area contributed by atoms with E-state index in [0.717, 1.165) is 46.7 Å². The van der Waals surface area contributed by atoms with Gasteiger partial charge in [0.2, 0.25) is 0 Å². The Labute approximate surface area is 170 Å². The van der Waals surface area contributed by atoms with Gasteiger partial charge in [-0.15, -0.1) is 11.3 Å². The number of carbonyl (C=O) groups is 1. The van der Waals surface area contributed by atoms with E-state index in [1.165, 1.54) is 0 Å². The van der Waals surface area contributed by atoms with Crippen molar-refractivity contribution in [2.24, 2.45) is 0 Å². The number of carbonyl (C=O) groups excluding carboxylic acids is 1. The lowest BCUT2D eigenvalue weighted by molar-refractivity contribution is 0.0773. The molecule has 1 aromatic carbocycles. The molecule has 0 fully saturated rings. The predicted octanol–water partition coefficient (Wildman–Crippen LogP) is 4.89. The lowest BCUT2D eigenvalue weighted by Crippen LogP contribution is -2.30. The zero-order valence-electron chi connectivity index (χ0n) is 16.7. The summed E-state index contributed by atoms with van der Waals surface area (Å²) in [6.45, 7) is 7.01. The average molecular weight is 398 g/mol. The fourth-order valence-corrected chi connectivity index (χ4v) is 3.98. The number of amides is 1. The van der Waals surface area contributed by atoms with Gasteiger partial charge in [-0.1, -0.05) is 12.1 Å². The highest BCUT2D eigenvalue weighted by atomic mass is 32.1. The number of aromatic nitrogens is 1. The van der Waals surface area contributed by atoms with Gasteiger partial charge in [-0.3, -0.25) is 4.79 Å². The van der Waals surface area contributed by atoms with Crippen molar-refractivity contribution in [2.75, 3.05) is 38.7 Å². The maximum atomic E-state index is 12.5. The van der Waals surface area contributed by atoms with E-state index in [0.29, 0.717) is 18.7 Å². The van der Waals surface area contributed by atoms with Crippen LogP contribution in [0.25, 0.3) is 21.5 Å². The van der Waals surface area contributed by atoms with Crippen LogP contribution in [0.2, 0.25) is 0 Å². The molecule has 3 aromatic rings. The molecule has 0 aliphatic heterocycles. The van der Waals surface area contributed by atoms with Crippen LogP contribution in [-0.4, -0.2) is 49.1 Å². The number of thiophene rings is 1. The van der Waals surface area contributed by atoms with Crippen molar-refractivity contribution in [1.82, 2.24) is 9.88 Å². The monoisotopic (exact) mass is 397 g/mol. The Morgan fingerprint density at radius 3 is 2.61 bits per heavy atom. The molecule has 1 N–H and O–H groups in total. The summed E-state index contributed by atoms with van der Waals surface area (Å²) in [7, 11) is 1.72. The minimum Gasteiger partial charge on any atom is -0.385 e. The third-order valence-corrected chi connectivity index (χ3v) is 5.67. The Bertz CT molecular complexity index is 917. The molecular weight excluding hydrogens is 370 g/mol. The Balaban J connectivity index is 1.85. The van der Waals surface area contributed by atoms with E-state index < -0.39 is 0 Å². The molecule has 0 bridgehead atoms. The number of fused-ring (bicyclic) bond motifs is 1. The van der Waals surface area contributed by atoms with Gasteiger partial charge in [-0.25, -0.2) is 4.98 Å². The molecule has 5 nitrogen and oxygen atoms in total. The van der Waals surface area contributed by atoms with Crippen molar-refractivity contribution in [3.05, 3.63) is 47.3 Å². The van der Waals surface area contributed by atoms with Gasteiger partial charge in [0, 0.05) is 44.5 Å². The first-order valence-electron chi connectivity index (χ1n) is 9.68. The van der Waals surface area contributed by atoms with Gasteiger partial charge in [-0.05, 0) is 49.9 Å². The second-order valence-electron chi connectivity index (χ2n) is 6.52. The highest BCUT2D eigenvalue weighted by molar-refractivity contribution is 7.17. The molecular formula is C22H27N3O2S. The van der Waals surface area contributed by atoms with Crippen LogP contribution in [0.4, 0.5) is 5.69 Å². The number of hydrogen-bond acceptors (Lipinski definition) is 5. The number of methoxy groups -OCH3 is 1. The molecule has 0 saturated carbocycles. The van der Waals surface area contributed by atoms with Crippen LogP contribution in [0.1, 0.15) is 30.6 Å². The fraction of sp³-hybridized carbons (Fsp3) is 0.364. The van der Waals surface area contributed by atoms with Gasteiger partial charge in [0.1, 0.15) is 0 Å². The van der Waals surface area contributed by atoms with Crippen molar-refractivity contribution in [3.63, 3.8) is 0 Å². The minimum absolute atomic E-state index is 0.0679. The van der Waals surface area contributed by atoms with Crippen LogP contribution in [0.15, 0.2) is 41.8 Å². The first kappa shape index (κ1) is 20.3. The van der Waals surface area contributed by atoms with E-state index in [1.807, 2.05) is 49.1 Å². The van der Waals surface area contributed by atoms with Gasteiger partial charge in [0.15, 0.2) is 0 Å². The summed E-state index contributed by atoms with van der Waals surface area (Å²) in [4.78, 5) is 19.1. The van der Waals surface area contributed by atoms with Crippen LogP contribution in [0.5, 0.6) is 0 Å². The molecule has 2 heterocycles. The van der Waals surface area contributed by atoms with E-state index in [9.17, 15) is 4.79 Å². The largest absolute Gasteiger partial charge is 0.385 e. The molecule has 0 saturated heterocycles. The van der Waals surface area contributed by atoms with E-state index >= 15 is 0 Å². The highest BCUT2D eigenvalue weighted by Gasteiger charge is 2.13. The van der Waals surface area contributed by atoms with Crippen LogP contribution < -0.4 is 5.32 Å². The first-order chi connectivity index (χ1) is 13.7. The van der Waals surface area contributed by atoms with Gasteiger partial charge >= 0.3 is 0 Å². The number of rotatable bonds is 9. The van der Waals surface area contributed by atoms with Crippen LogP contribution in [0.3, 0.4) is 0 Å². The van der Waals surface area contributed by atoms with Crippen molar-refractivity contribution >= 4 is 33.1 Å². The number of hydrogen-bond donors (Lipinski definition) is 1. The van der Waals surface area contributed by atoms with Gasteiger partial charge in [0.05, 0.1) is 21.6 Å². The maximum absolute atomic E-state index is 12.5. The molecule has 0 aliphatic rings. The van der Waals surface area contributed by atoms with Crippen LogP contribution in [-0.2, 0) is 4.74 Å². The number of ether oxygens (including phenoxy) is 1. The highest BCUT2D eigenvalue weighted by Crippen LogP contribution is 2.32. The first-order valence-corrected chi connectivity index (χ1v) is 10.6. The van der Waals surface area contributed by atoms with E-state index in [-0.39, 0.29) is 5.91 Å². The summed E-state index contributed by atoms with van der Waals surface area (Å²) < 4.78 is 6.29. The van der Waals surface area contributed by atoms with Gasteiger partial charge in [-0.2, -0.15) is 0 Å². The summed E-state index contributed by atoms with van der Waals surface area (Å²) >= 11 is 1.69. The van der Waals surface area contributed by atoms with E-state index in [4.69, 9.17) is 9.72 Å². The van der Waals surface area contributed by atoms with Gasteiger partial charge in [0.25, 0.3) is 5.91 Å². The molecule has 3 rings (SSSR count). The lowest BCUT2D eigenvalue weighted by atomic mass is 10.1. The Kier molecular flexibility index (Phi) is 7.01. The molecule has 0 radical (unpaired) electrons. The number of nitrogens with zero attached hydrogens (tertiary/aromatic N) is 2. The van der Waals surface area contributed by atoms with Crippen molar-refractivity contribution in [3.8, 4) is 11.3 Å². The molecule has 28 heavy (non-hydrogen) atoms. The summed E-state index contributed by atoms with van der Waals surface area (Å²) in [5, 5.41) is 5.57. The Morgan fingerprint density at radius 1 is 1.18 bits per heavy atom. The summed E-state index contributed by atoms with van der Waals surface area (Å²) in [6.07, 6.45) is 0.948. The molecule has 1 amide bonds. The number of nitrogens with one attached hydrogen (secondary N) is 1. The quantitative estimate of drug-likeness (QED) is 0.522. The van der Waals surface area contributed by atoms with Crippen LogP contribution in [0, 0.1) is 0 Å². The topological polar surface area (TPSA) is 54.5 Å². The average Bonchev–Trinajstić information content (AvgIpc) is 3.21. The van der Waals surface area contributed by atoms with Crippen LogP contribution >= 0.6 is 11.3 Å². The van der Waals surface area contributed by atoms with Gasteiger partial charge < -0.3 is 15.0 Å². The number of anilines is 1. The third kappa shape index (κ3) is 4.51. The SMILES string of the molecule is CCN(CC)C(=O)c1ccc(-c2cc(NCCCOC)c3sccc3n2)cc1. The normalized spacial score (nSPS) is 11.0. The molecule has 2 aromatic heterocycles. The maximum Gasteiger partial charge on any atom is 0.253 e. The molecule has 0 aliphatic carbocycles. The molecule has 148 valence electrons. The Hall–Kier alpha value is -2.44. The van der Waals surface area contributed by atoms with Crippen molar-refractivity contribution in [1.29, 1.82) is 0 Å². The summed E-state index contributed by atoms with van der Waals surface area (Å²) in [5.74, 6) is 0.0679. The number of pyridine rings is 1. The second kappa shape index (κ2) is 9.66. The standard InChI is InChI=1S/C22H27N3O2S/c1-4-25(5-2)22(26)17-9-7-16(8-10-17)19-15-20(23-12-6-13-27-3)21-18(24-19)11-14-28-21/h7-11,14-15H,4-6,12-13H2,1-3H3,(H,23,24). The molecule has 0 unspecified atom stereocenters. The smallest absolute Gasteiger partial charge is 0.253 e. The zero-order chi connectivity index (χ0) is 19.9. The predicted molar refractivity (Wildman–Crippen MR) is 117 cm³/mol. The fourth-order valence-electron chi connectivity index (χ4n) is 3.15. The molecule has 0 atom stereocenters. The minimum atomic E-state index is 0.0679. The molecule has 6 heteroatoms. The third-order valence-electron chi connectivity index (χ3n) is 4.73. The zero-order valence-corrected chi connectivity index (χ0v) is 17.5. The van der Waals surface area contributed by atoms with Crippen molar-refractivity contribution in [2.45, 2.75) is 20.3 Å². The molecule has 0 spiro atoms. The Morgan fingerprint density at radius 2 is 1.93 bits per heavy atom. The number of benzene rings is 1. The van der Waals surface area contributed by atoms with E-state index in [1.54, 1.807) is 18.4 Å².